The van der Waals surface area contributed by atoms with Crippen LogP contribution in [0.25, 0.3) is 0 Å². The molecule has 4 heteroatoms. The first-order chi connectivity index (χ1) is 9.22. The molecule has 0 aromatic heterocycles. The van der Waals surface area contributed by atoms with Crippen molar-refractivity contribution in [3.8, 4) is 0 Å². The van der Waals surface area contributed by atoms with E-state index in [1.54, 1.807) is 0 Å². The number of hydrogen-bond acceptors (Lipinski definition) is 3. The second-order valence-electron chi connectivity index (χ2n) is 6.09. The van der Waals surface area contributed by atoms with Crippen LogP contribution < -0.4 is 5.73 Å². The Morgan fingerprint density at radius 1 is 1.21 bits per heavy atom. The summed E-state index contributed by atoms with van der Waals surface area (Å²) in [5.41, 5.74) is 5.82. The minimum absolute atomic E-state index is 0.146. The fourth-order valence-corrected chi connectivity index (χ4v) is 3.44. The lowest BCUT2D eigenvalue weighted by molar-refractivity contribution is -0.139. The fourth-order valence-electron chi connectivity index (χ4n) is 3.44. The van der Waals surface area contributed by atoms with E-state index in [4.69, 9.17) is 10.5 Å². The van der Waals surface area contributed by atoms with Crippen LogP contribution in [0, 0.1) is 11.8 Å². The summed E-state index contributed by atoms with van der Waals surface area (Å²) in [5.74, 6) is 0.813. The molecule has 2 rings (SSSR count). The number of carbonyl (C=O) groups excluding carboxylic acids is 1. The number of hydrogen-bond donors (Lipinski definition) is 1. The lowest BCUT2D eigenvalue weighted by Crippen LogP contribution is -2.44. The van der Waals surface area contributed by atoms with E-state index < -0.39 is 0 Å². The Balaban J connectivity index is 1.86. The van der Waals surface area contributed by atoms with E-state index in [1.165, 1.54) is 19.3 Å². The molecule has 19 heavy (non-hydrogen) atoms. The van der Waals surface area contributed by atoms with Crippen molar-refractivity contribution in [3.63, 3.8) is 0 Å². The average molecular weight is 268 g/mol. The van der Waals surface area contributed by atoms with E-state index in [0.29, 0.717) is 12.5 Å². The molecule has 1 saturated heterocycles. The first-order valence-corrected chi connectivity index (χ1v) is 7.79. The summed E-state index contributed by atoms with van der Waals surface area (Å²) in [4.78, 5) is 14.4. The molecule has 1 heterocycles. The molecular formula is C15H28N2O2. The van der Waals surface area contributed by atoms with Crippen molar-refractivity contribution >= 4 is 5.91 Å². The van der Waals surface area contributed by atoms with Gasteiger partial charge in [-0.3, -0.25) is 4.79 Å². The number of ether oxygens (including phenoxy) is 1. The maximum absolute atomic E-state index is 12.6. The largest absolute Gasteiger partial charge is 0.376 e. The molecule has 3 atom stereocenters. The standard InChI is InChI=1S/C15H28N2O2/c1-17(11-13-7-4-5-9-19-13)15(18)14-8-3-2-6-12(14)10-16/h12-14H,2-11,16H2,1H3. The molecule has 1 saturated carbocycles. The van der Waals surface area contributed by atoms with E-state index in [0.717, 1.165) is 38.8 Å². The summed E-state index contributed by atoms with van der Waals surface area (Å²) in [5, 5.41) is 0. The van der Waals surface area contributed by atoms with Gasteiger partial charge < -0.3 is 15.4 Å². The van der Waals surface area contributed by atoms with Crippen molar-refractivity contribution < 1.29 is 9.53 Å². The maximum Gasteiger partial charge on any atom is 0.225 e. The van der Waals surface area contributed by atoms with Gasteiger partial charge in [-0.2, -0.15) is 0 Å². The van der Waals surface area contributed by atoms with Crippen molar-refractivity contribution in [1.29, 1.82) is 0 Å². The highest BCUT2D eigenvalue weighted by molar-refractivity contribution is 5.79. The Kier molecular flexibility index (Phi) is 5.64. The molecule has 4 nitrogen and oxygen atoms in total. The molecule has 1 amide bonds. The molecule has 0 radical (unpaired) electrons. The van der Waals surface area contributed by atoms with Gasteiger partial charge in [-0.05, 0) is 44.6 Å². The van der Waals surface area contributed by atoms with Crippen molar-refractivity contribution in [2.24, 2.45) is 17.6 Å². The van der Waals surface area contributed by atoms with Crippen LogP contribution in [0.3, 0.4) is 0 Å². The van der Waals surface area contributed by atoms with Crippen molar-refractivity contribution in [3.05, 3.63) is 0 Å². The second kappa shape index (κ2) is 7.25. The van der Waals surface area contributed by atoms with Crippen LogP contribution in [-0.4, -0.2) is 43.7 Å². The smallest absolute Gasteiger partial charge is 0.225 e. The second-order valence-corrected chi connectivity index (χ2v) is 6.09. The summed E-state index contributed by atoms with van der Waals surface area (Å²) < 4.78 is 5.72. The Hall–Kier alpha value is -0.610. The maximum atomic E-state index is 12.6. The Labute approximate surface area is 116 Å². The lowest BCUT2D eigenvalue weighted by atomic mass is 9.78. The molecule has 0 aromatic carbocycles. The van der Waals surface area contributed by atoms with Crippen LogP contribution in [0.15, 0.2) is 0 Å². The molecular weight excluding hydrogens is 240 g/mol. The van der Waals surface area contributed by atoms with E-state index in [9.17, 15) is 4.79 Å². The summed E-state index contributed by atoms with van der Waals surface area (Å²) in [6.45, 7) is 2.23. The van der Waals surface area contributed by atoms with Gasteiger partial charge in [0.1, 0.15) is 0 Å². The molecule has 2 fully saturated rings. The zero-order chi connectivity index (χ0) is 13.7. The number of likely N-dealkylation sites (N-methyl/N-ethyl adjacent to an activating group) is 1. The highest BCUT2D eigenvalue weighted by Gasteiger charge is 2.32. The summed E-state index contributed by atoms with van der Waals surface area (Å²) in [7, 11) is 1.92. The van der Waals surface area contributed by atoms with Crippen LogP contribution in [0.1, 0.15) is 44.9 Å². The Morgan fingerprint density at radius 3 is 2.63 bits per heavy atom. The number of amides is 1. The van der Waals surface area contributed by atoms with Crippen molar-refractivity contribution in [2.45, 2.75) is 51.0 Å². The quantitative estimate of drug-likeness (QED) is 0.845. The van der Waals surface area contributed by atoms with Gasteiger partial charge >= 0.3 is 0 Å². The van der Waals surface area contributed by atoms with Crippen molar-refractivity contribution in [1.82, 2.24) is 4.90 Å². The molecule has 2 aliphatic rings. The predicted molar refractivity (Wildman–Crippen MR) is 75.7 cm³/mol. The normalized spacial score (nSPS) is 32.0. The topological polar surface area (TPSA) is 55.6 Å². The number of carbonyl (C=O) groups is 1. The molecule has 3 unspecified atom stereocenters. The van der Waals surface area contributed by atoms with Crippen LogP contribution in [0.5, 0.6) is 0 Å². The van der Waals surface area contributed by atoms with E-state index in [1.807, 2.05) is 11.9 Å². The molecule has 110 valence electrons. The van der Waals surface area contributed by atoms with Crippen LogP contribution in [-0.2, 0) is 9.53 Å². The van der Waals surface area contributed by atoms with E-state index >= 15 is 0 Å². The predicted octanol–water partition coefficient (Wildman–Crippen LogP) is 1.78. The summed E-state index contributed by atoms with van der Waals surface area (Å²) in [6.07, 6.45) is 8.22. The summed E-state index contributed by atoms with van der Waals surface area (Å²) in [6, 6.07) is 0. The van der Waals surface area contributed by atoms with Gasteiger partial charge in [0, 0.05) is 26.1 Å². The van der Waals surface area contributed by atoms with Gasteiger partial charge in [-0.15, -0.1) is 0 Å². The van der Waals surface area contributed by atoms with Gasteiger partial charge in [0.05, 0.1) is 6.10 Å². The van der Waals surface area contributed by atoms with Crippen LogP contribution in [0.2, 0.25) is 0 Å². The van der Waals surface area contributed by atoms with Gasteiger partial charge in [-0.1, -0.05) is 12.8 Å². The third-order valence-electron chi connectivity index (χ3n) is 4.66. The number of rotatable bonds is 4. The zero-order valence-corrected chi connectivity index (χ0v) is 12.1. The molecule has 0 aromatic rings. The molecule has 0 bridgehead atoms. The fraction of sp³-hybridized carbons (Fsp3) is 0.933. The van der Waals surface area contributed by atoms with Gasteiger partial charge in [0.15, 0.2) is 0 Å². The molecule has 2 N–H and O–H groups in total. The third-order valence-corrected chi connectivity index (χ3v) is 4.66. The van der Waals surface area contributed by atoms with Crippen LogP contribution in [0.4, 0.5) is 0 Å². The van der Waals surface area contributed by atoms with E-state index in [2.05, 4.69) is 0 Å². The lowest BCUT2D eigenvalue weighted by Gasteiger charge is -2.34. The van der Waals surface area contributed by atoms with Crippen LogP contribution >= 0.6 is 0 Å². The third kappa shape index (κ3) is 3.93. The molecule has 1 aliphatic carbocycles. The van der Waals surface area contributed by atoms with Gasteiger partial charge in [-0.25, -0.2) is 0 Å². The minimum atomic E-state index is 0.146. The molecule has 1 aliphatic heterocycles. The highest BCUT2D eigenvalue weighted by atomic mass is 16.5. The van der Waals surface area contributed by atoms with E-state index in [-0.39, 0.29) is 17.9 Å². The summed E-state index contributed by atoms with van der Waals surface area (Å²) >= 11 is 0. The Morgan fingerprint density at radius 2 is 1.95 bits per heavy atom. The average Bonchev–Trinajstić information content (AvgIpc) is 2.47. The van der Waals surface area contributed by atoms with Gasteiger partial charge in [0.25, 0.3) is 0 Å². The van der Waals surface area contributed by atoms with Crippen molar-refractivity contribution in [2.75, 3.05) is 26.7 Å². The first kappa shape index (κ1) is 14.8. The highest BCUT2D eigenvalue weighted by Crippen LogP contribution is 2.30. The number of nitrogens with zero attached hydrogens (tertiary/aromatic N) is 1. The Bertz CT molecular complexity index is 290. The number of nitrogens with two attached hydrogens (primary N) is 1. The molecule has 0 spiro atoms. The minimum Gasteiger partial charge on any atom is -0.376 e. The first-order valence-electron chi connectivity index (χ1n) is 7.79. The SMILES string of the molecule is CN(CC1CCCCO1)C(=O)C1CCCCC1CN. The monoisotopic (exact) mass is 268 g/mol. The zero-order valence-electron chi connectivity index (χ0n) is 12.1. The van der Waals surface area contributed by atoms with Gasteiger partial charge in [0.2, 0.25) is 5.91 Å².